The number of carbonyl (C=O) groups is 2. The zero-order valence-electron chi connectivity index (χ0n) is 16.2. The number of nitrogens with zero attached hydrogens (tertiary/aromatic N) is 4. The van der Waals surface area contributed by atoms with Gasteiger partial charge in [-0.15, -0.1) is 11.3 Å². The lowest BCUT2D eigenvalue weighted by molar-refractivity contribution is -0.117. The molecule has 2 amide bonds. The van der Waals surface area contributed by atoms with Crippen LogP contribution in [0.5, 0.6) is 0 Å². The number of aromatic nitrogens is 2. The lowest BCUT2D eigenvalue weighted by atomic mass is 10.2. The molecule has 2 aliphatic heterocycles. The van der Waals surface area contributed by atoms with Crippen molar-refractivity contribution in [3.63, 3.8) is 0 Å². The first-order chi connectivity index (χ1) is 14.6. The van der Waals surface area contributed by atoms with Gasteiger partial charge in [0, 0.05) is 25.2 Å². The molecule has 1 atom stereocenters. The van der Waals surface area contributed by atoms with Crippen LogP contribution in [0.3, 0.4) is 0 Å². The van der Waals surface area contributed by atoms with E-state index in [4.69, 9.17) is 11.6 Å². The first kappa shape index (κ1) is 19.3. The van der Waals surface area contributed by atoms with Crippen LogP contribution >= 0.6 is 22.9 Å². The average Bonchev–Trinajstić information content (AvgIpc) is 3.49. The summed E-state index contributed by atoms with van der Waals surface area (Å²) >= 11 is 7.92. The minimum absolute atomic E-state index is 0.0973. The molecule has 2 aliphatic rings. The van der Waals surface area contributed by atoms with Crippen molar-refractivity contribution in [3.8, 4) is 0 Å². The maximum atomic E-state index is 13.2. The van der Waals surface area contributed by atoms with E-state index >= 15 is 0 Å². The third-order valence-electron chi connectivity index (χ3n) is 5.66. The number of nitrogens with one attached hydrogen (secondary N) is 1. The van der Waals surface area contributed by atoms with Crippen LogP contribution in [0.2, 0.25) is 5.02 Å². The Bertz CT molecular complexity index is 1130. The van der Waals surface area contributed by atoms with Crippen LogP contribution in [0.25, 0.3) is 10.2 Å². The van der Waals surface area contributed by atoms with Gasteiger partial charge in [-0.2, -0.15) is 0 Å². The number of amides is 2. The Morgan fingerprint density at radius 3 is 2.93 bits per heavy atom. The number of carbonyl (C=O) groups excluding carboxylic acids is 2. The molecular formula is C21H20ClN5O2S. The van der Waals surface area contributed by atoms with Crippen LogP contribution in [0.15, 0.2) is 36.0 Å². The molecule has 154 valence electrons. The number of anilines is 3. The van der Waals surface area contributed by atoms with E-state index in [-0.39, 0.29) is 17.9 Å². The highest BCUT2D eigenvalue weighted by atomic mass is 35.5. The topological polar surface area (TPSA) is 78.4 Å². The van der Waals surface area contributed by atoms with Gasteiger partial charge in [-0.3, -0.25) is 9.59 Å². The van der Waals surface area contributed by atoms with Crippen molar-refractivity contribution in [1.82, 2.24) is 9.97 Å². The quantitative estimate of drug-likeness (QED) is 0.660. The fourth-order valence-corrected chi connectivity index (χ4v) is 5.10. The minimum atomic E-state index is -0.337. The highest BCUT2D eigenvalue weighted by Crippen LogP contribution is 2.34. The molecule has 9 heteroatoms. The first-order valence-electron chi connectivity index (χ1n) is 9.97. The monoisotopic (exact) mass is 441 g/mol. The van der Waals surface area contributed by atoms with E-state index in [9.17, 15) is 9.59 Å². The Balaban J connectivity index is 1.40. The zero-order chi connectivity index (χ0) is 20.7. The van der Waals surface area contributed by atoms with Crippen molar-refractivity contribution in [2.75, 3.05) is 28.2 Å². The molecule has 0 saturated carbocycles. The molecule has 2 saturated heterocycles. The first-order valence-corrected chi connectivity index (χ1v) is 11.2. The van der Waals surface area contributed by atoms with Crippen LogP contribution in [0, 0.1) is 0 Å². The lowest BCUT2D eigenvalue weighted by Gasteiger charge is -2.26. The molecule has 4 heterocycles. The van der Waals surface area contributed by atoms with Crippen molar-refractivity contribution in [2.45, 2.75) is 31.7 Å². The standard InChI is InChI=1S/C21H20ClN5O2S/c22-15-6-5-13(26-8-2-4-18(26)28)11-16(15)25-20(29)17-3-1-9-27(17)19-14-7-10-30-21(14)24-12-23-19/h5-7,10-12,17H,1-4,8-9H2,(H,25,29). The van der Waals surface area contributed by atoms with Gasteiger partial charge in [0.05, 0.1) is 16.1 Å². The fourth-order valence-electron chi connectivity index (χ4n) is 4.21. The van der Waals surface area contributed by atoms with Crippen LogP contribution in [0.1, 0.15) is 25.7 Å². The van der Waals surface area contributed by atoms with Gasteiger partial charge >= 0.3 is 0 Å². The van der Waals surface area contributed by atoms with Crippen LogP contribution in [0.4, 0.5) is 17.2 Å². The molecule has 2 aromatic heterocycles. The molecular weight excluding hydrogens is 422 g/mol. The highest BCUT2D eigenvalue weighted by molar-refractivity contribution is 7.16. The van der Waals surface area contributed by atoms with E-state index < -0.39 is 0 Å². The number of rotatable bonds is 4. The Morgan fingerprint density at radius 1 is 1.20 bits per heavy atom. The summed E-state index contributed by atoms with van der Waals surface area (Å²) in [6.07, 6.45) is 4.59. The molecule has 30 heavy (non-hydrogen) atoms. The lowest BCUT2D eigenvalue weighted by Crippen LogP contribution is -2.40. The number of halogens is 1. The van der Waals surface area contributed by atoms with Crippen LogP contribution in [-0.4, -0.2) is 40.9 Å². The summed E-state index contributed by atoms with van der Waals surface area (Å²) in [6, 6.07) is 6.98. The second-order valence-corrected chi connectivity index (χ2v) is 8.79. The van der Waals surface area contributed by atoms with Crippen LogP contribution < -0.4 is 15.1 Å². The molecule has 0 spiro atoms. The molecule has 1 unspecified atom stereocenters. The van der Waals surface area contributed by atoms with E-state index in [1.807, 2.05) is 22.4 Å². The highest BCUT2D eigenvalue weighted by Gasteiger charge is 2.33. The van der Waals surface area contributed by atoms with Crippen molar-refractivity contribution >= 4 is 62.2 Å². The predicted molar refractivity (Wildman–Crippen MR) is 119 cm³/mol. The zero-order valence-corrected chi connectivity index (χ0v) is 17.7. The van der Waals surface area contributed by atoms with Gasteiger partial charge in [0.15, 0.2) is 0 Å². The van der Waals surface area contributed by atoms with Gasteiger partial charge in [-0.25, -0.2) is 9.97 Å². The fraction of sp³-hybridized carbons (Fsp3) is 0.333. The molecule has 0 bridgehead atoms. The molecule has 1 N–H and O–H groups in total. The Labute approximate surface area is 182 Å². The van der Waals surface area contributed by atoms with Crippen molar-refractivity contribution in [2.24, 2.45) is 0 Å². The molecule has 7 nitrogen and oxygen atoms in total. The maximum Gasteiger partial charge on any atom is 0.247 e. The summed E-state index contributed by atoms with van der Waals surface area (Å²) in [6.45, 7) is 1.45. The van der Waals surface area contributed by atoms with E-state index in [2.05, 4.69) is 15.3 Å². The van der Waals surface area contributed by atoms with Crippen molar-refractivity contribution in [1.29, 1.82) is 0 Å². The van der Waals surface area contributed by atoms with Gasteiger partial charge in [-0.1, -0.05) is 11.6 Å². The summed E-state index contributed by atoms with van der Waals surface area (Å²) in [7, 11) is 0. The van der Waals surface area contributed by atoms with Gasteiger partial charge in [0.25, 0.3) is 0 Å². The second kappa shape index (κ2) is 7.85. The molecule has 1 aromatic carbocycles. The number of benzene rings is 1. The third-order valence-corrected chi connectivity index (χ3v) is 6.81. The van der Waals surface area contributed by atoms with Crippen LogP contribution in [-0.2, 0) is 9.59 Å². The minimum Gasteiger partial charge on any atom is -0.344 e. The Morgan fingerprint density at radius 2 is 2.10 bits per heavy atom. The summed E-state index contributed by atoms with van der Waals surface area (Å²) in [5.74, 6) is 0.766. The number of thiophene rings is 1. The third kappa shape index (κ3) is 3.40. The maximum absolute atomic E-state index is 13.2. The molecule has 5 rings (SSSR count). The van der Waals surface area contributed by atoms with Gasteiger partial charge < -0.3 is 15.1 Å². The van der Waals surface area contributed by atoms with E-state index in [1.54, 1.807) is 34.7 Å². The number of hydrogen-bond donors (Lipinski definition) is 1. The Kier molecular flexibility index (Phi) is 5.04. The summed E-state index contributed by atoms with van der Waals surface area (Å²) in [5, 5.41) is 6.38. The largest absolute Gasteiger partial charge is 0.344 e. The Hall–Kier alpha value is -2.71. The number of fused-ring (bicyclic) bond motifs is 1. The molecule has 0 aliphatic carbocycles. The molecule has 2 fully saturated rings. The van der Waals surface area contributed by atoms with E-state index in [0.29, 0.717) is 23.7 Å². The normalized spacial score (nSPS) is 19.1. The summed E-state index contributed by atoms with van der Waals surface area (Å²) in [4.78, 5) is 38.7. The summed E-state index contributed by atoms with van der Waals surface area (Å²) in [5.41, 5.74) is 1.28. The molecule has 3 aromatic rings. The van der Waals surface area contributed by atoms with E-state index in [1.165, 1.54) is 0 Å². The van der Waals surface area contributed by atoms with Gasteiger partial charge in [-0.05, 0) is 48.9 Å². The number of hydrogen-bond acceptors (Lipinski definition) is 6. The van der Waals surface area contributed by atoms with E-state index in [0.717, 1.165) is 47.5 Å². The van der Waals surface area contributed by atoms with Crippen molar-refractivity contribution in [3.05, 3.63) is 41.0 Å². The average molecular weight is 442 g/mol. The SMILES string of the molecule is O=C(Nc1cc(N2CCCC2=O)ccc1Cl)C1CCCN1c1ncnc2sccc12. The van der Waals surface area contributed by atoms with Crippen molar-refractivity contribution < 1.29 is 9.59 Å². The predicted octanol–water partition coefficient (Wildman–Crippen LogP) is 4.08. The second-order valence-electron chi connectivity index (χ2n) is 7.49. The smallest absolute Gasteiger partial charge is 0.247 e. The van der Waals surface area contributed by atoms with Gasteiger partial charge in [0.1, 0.15) is 23.0 Å². The molecule has 0 radical (unpaired) electrons. The summed E-state index contributed by atoms with van der Waals surface area (Å²) < 4.78 is 0. The van der Waals surface area contributed by atoms with Gasteiger partial charge in [0.2, 0.25) is 11.8 Å².